The number of nitrogens with two attached hydrogens (primary N) is 1. The molecule has 200 valence electrons. The molecule has 0 bridgehead atoms. The van der Waals surface area contributed by atoms with E-state index in [1.54, 1.807) is 13.2 Å². The third kappa shape index (κ3) is 8.81. The van der Waals surface area contributed by atoms with Crippen molar-refractivity contribution in [1.82, 2.24) is 9.62 Å². The number of hydrogen-bond donors (Lipinski definition) is 2. The molecule has 3 rings (SSSR count). The summed E-state index contributed by atoms with van der Waals surface area (Å²) < 4.78 is 36.6. The summed E-state index contributed by atoms with van der Waals surface area (Å²) in [4.78, 5) is 13.9. The summed E-state index contributed by atoms with van der Waals surface area (Å²) in [6.45, 7) is 3.02. The maximum Gasteiger partial charge on any atom is 0.208 e. The standard InChI is InChI=1S/C25H34ClN3O5S.ClH/c1-33-20-5-3-4-18(14-20)17-34-25-16-24(27)23(26)15-22(25)21(8-13-30)19-6-10-29(11-7-19)12-9-28-35(2,31)32;/h3-5,13-16,19,21,28H,6-12,17,27H2,1-2H3;1H. The number of methoxy groups -OCH3 is 1. The highest BCUT2D eigenvalue weighted by atomic mass is 35.5. The van der Waals surface area contributed by atoms with Gasteiger partial charge in [0.1, 0.15) is 24.4 Å². The first kappa shape index (κ1) is 30.2. The summed E-state index contributed by atoms with van der Waals surface area (Å²) in [6.07, 6.45) is 4.23. The first-order valence-electron chi connectivity index (χ1n) is 11.7. The van der Waals surface area contributed by atoms with E-state index in [4.69, 9.17) is 26.8 Å². The number of halogens is 2. The number of likely N-dealkylation sites (tertiary alicyclic amines) is 1. The maximum atomic E-state index is 11.7. The van der Waals surface area contributed by atoms with Gasteiger partial charge in [0.25, 0.3) is 0 Å². The molecule has 0 saturated carbocycles. The van der Waals surface area contributed by atoms with Crippen LogP contribution in [-0.2, 0) is 21.4 Å². The normalized spacial score (nSPS) is 15.6. The number of sulfonamides is 1. The zero-order chi connectivity index (χ0) is 25.4. The highest BCUT2D eigenvalue weighted by Crippen LogP contribution is 2.42. The number of benzene rings is 2. The second-order valence-electron chi connectivity index (χ2n) is 8.91. The summed E-state index contributed by atoms with van der Waals surface area (Å²) in [5.41, 5.74) is 8.36. The van der Waals surface area contributed by atoms with Crippen molar-refractivity contribution in [3.63, 3.8) is 0 Å². The van der Waals surface area contributed by atoms with Gasteiger partial charge in [-0.1, -0.05) is 23.7 Å². The van der Waals surface area contributed by atoms with Gasteiger partial charge in [-0.15, -0.1) is 12.4 Å². The SMILES string of the molecule is COc1cccc(COc2cc(N)c(Cl)cc2C(CC=O)C2CCN(CCNS(C)(=O)=O)CC2)c1.Cl. The molecule has 1 heterocycles. The maximum absolute atomic E-state index is 11.7. The molecule has 1 unspecified atom stereocenters. The van der Waals surface area contributed by atoms with Crippen LogP contribution in [-0.4, -0.2) is 59.1 Å². The number of carbonyl (C=O) groups is 1. The molecule has 0 aliphatic carbocycles. The van der Waals surface area contributed by atoms with Crippen molar-refractivity contribution in [3.8, 4) is 11.5 Å². The number of carbonyl (C=O) groups excluding carboxylic acids is 1. The van der Waals surface area contributed by atoms with Gasteiger partial charge in [-0.05, 0) is 67.1 Å². The van der Waals surface area contributed by atoms with Crippen LogP contribution in [0.2, 0.25) is 5.02 Å². The fourth-order valence-corrected chi connectivity index (χ4v) is 5.20. The molecule has 0 radical (unpaired) electrons. The van der Waals surface area contributed by atoms with Crippen molar-refractivity contribution in [3.05, 3.63) is 52.5 Å². The van der Waals surface area contributed by atoms with Gasteiger partial charge in [-0.2, -0.15) is 0 Å². The number of rotatable bonds is 12. The molecular weight excluding hydrogens is 525 g/mol. The molecule has 1 saturated heterocycles. The quantitative estimate of drug-likeness (QED) is 0.300. The topological polar surface area (TPSA) is 111 Å². The third-order valence-electron chi connectivity index (χ3n) is 6.40. The highest BCUT2D eigenvalue weighted by Gasteiger charge is 2.30. The fraction of sp³-hybridized carbons (Fsp3) is 0.480. The van der Waals surface area contributed by atoms with E-state index in [9.17, 15) is 13.2 Å². The van der Waals surface area contributed by atoms with Crippen LogP contribution in [0.3, 0.4) is 0 Å². The minimum atomic E-state index is -3.19. The number of hydrogen-bond acceptors (Lipinski definition) is 7. The smallest absolute Gasteiger partial charge is 0.208 e. The van der Waals surface area contributed by atoms with E-state index in [1.807, 2.05) is 30.3 Å². The number of aldehydes is 1. The van der Waals surface area contributed by atoms with Gasteiger partial charge in [-0.25, -0.2) is 13.1 Å². The summed E-state index contributed by atoms with van der Waals surface area (Å²) in [6, 6.07) is 11.2. The third-order valence-corrected chi connectivity index (χ3v) is 7.46. The molecule has 1 atom stereocenters. The van der Waals surface area contributed by atoms with E-state index in [2.05, 4.69) is 9.62 Å². The molecule has 36 heavy (non-hydrogen) atoms. The van der Waals surface area contributed by atoms with Gasteiger partial charge in [0.05, 0.1) is 24.1 Å². The van der Waals surface area contributed by atoms with Gasteiger partial charge in [0.2, 0.25) is 10.0 Å². The van der Waals surface area contributed by atoms with Crippen LogP contribution in [0.15, 0.2) is 36.4 Å². The largest absolute Gasteiger partial charge is 0.497 e. The molecule has 2 aromatic rings. The Morgan fingerprint density at radius 3 is 2.61 bits per heavy atom. The van der Waals surface area contributed by atoms with Crippen molar-refractivity contribution >= 4 is 46.0 Å². The van der Waals surface area contributed by atoms with Gasteiger partial charge >= 0.3 is 0 Å². The van der Waals surface area contributed by atoms with E-state index in [-0.39, 0.29) is 24.2 Å². The molecule has 1 aliphatic heterocycles. The molecule has 11 heteroatoms. The second-order valence-corrected chi connectivity index (χ2v) is 11.1. The lowest BCUT2D eigenvalue weighted by atomic mass is 9.78. The molecule has 0 amide bonds. The number of nitrogens with one attached hydrogen (secondary N) is 1. The summed E-state index contributed by atoms with van der Waals surface area (Å²) in [5.74, 6) is 1.58. The average molecular weight is 561 g/mol. The molecule has 3 N–H and O–H groups in total. The lowest BCUT2D eigenvalue weighted by Gasteiger charge is -2.36. The van der Waals surface area contributed by atoms with Crippen LogP contribution < -0.4 is 19.9 Å². The molecule has 1 aliphatic rings. The zero-order valence-corrected chi connectivity index (χ0v) is 23.0. The lowest BCUT2D eigenvalue weighted by Crippen LogP contribution is -2.40. The van der Waals surface area contributed by atoms with Crippen molar-refractivity contribution < 1.29 is 22.7 Å². The molecule has 2 aromatic carbocycles. The first-order chi connectivity index (χ1) is 16.7. The van der Waals surface area contributed by atoms with Crippen LogP contribution in [0.5, 0.6) is 11.5 Å². The Labute approximate surface area is 224 Å². The lowest BCUT2D eigenvalue weighted by molar-refractivity contribution is -0.108. The fourth-order valence-electron chi connectivity index (χ4n) is 4.57. The van der Waals surface area contributed by atoms with Crippen LogP contribution in [0.4, 0.5) is 5.69 Å². The Morgan fingerprint density at radius 1 is 1.25 bits per heavy atom. The number of ether oxygens (including phenoxy) is 2. The predicted octanol–water partition coefficient (Wildman–Crippen LogP) is 3.87. The molecule has 0 spiro atoms. The van der Waals surface area contributed by atoms with Crippen LogP contribution in [0.1, 0.15) is 36.3 Å². The Morgan fingerprint density at radius 2 is 1.97 bits per heavy atom. The number of anilines is 1. The van der Waals surface area contributed by atoms with E-state index < -0.39 is 10.0 Å². The minimum Gasteiger partial charge on any atom is -0.497 e. The van der Waals surface area contributed by atoms with Crippen molar-refractivity contribution in [2.75, 3.05) is 45.3 Å². The Hall–Kier alpha value is -2.04. The summed E-state index contributed by atoms with van der Waals surface area (Å²) in [5, 5.41) is 0.439. The number of piperidine rings is 1. The van der Waals surface area contributed by atoms with Gasteiger partial charge in [0, 0.05) is 25.6 Å². The summed E-state index contributed by atoms with van der Waals surface area (Å²) in [7, 11) is -1.57. The van der Waals surface area contributed by atoms with Gasteiger partial charge < -0.3 is 24.9 Å². The van der Waals surface area contributed by atoms with Crippen LogP contribution >= 0.6 is 24.0 Å². The highest BCUT2D eigenvalue weighted by molar-refractivity contribution is 7.88. The van der Waals surface area contributed by atoms with Gasteiger partial charge in [0.15, 0.2) is 0 Å². The van der Waals surface area contributed by atoms with E-state index in [0.29, 0.717) is 42.6 Å². The molecule has 8 nitrogen and oxygen atoms in total. The van der Waals surface area contributed by atoms with E-state index in [0.717, 1.165) is 55.3 Å². The first-order valence-corrected chi connectivity index (χ1v) is 13.9. The van der Waals surface area contributed by atoms with E-state index in [1.165, 1.54) is 0 Å². The molecular formula is C25H35Cl2N3O5S. The Kier molecular flexibility index (Phi) is 11.8. The van der Waals surface area contributed by atoms with E-state index >= 15 is 0 Å². The molecule has 1 fully saturated rings. The van der Waals surface area contributed by atoms with Crippen molar-refractivity contribution in [2.45, 2.75) is 31.8 Å². The van der Waals surface area contributed by atoms with Gasteiger partial charge in [-0.3, -0.25) is 0 Å². The Balaban J connectivity index is 0.00000456. The Bertz CT molecular complexity index is 1110. The number of nitrogens with zero attached hydrogens (tertiary/aromatic N) is 1. The van der Waals surface area contributed by atoms with Crippen molar-refractivity contribution in [2.24, 2.45) is 5.92 Å². The minimum absolute atomic E-state index is 0. The average Bonchev–Trinajstić information content (AvgIpc) is 2.83. The summed E-state index contributed by atoms with van der Waals surface area (Å²) >= 11 is 6.39. The van der Waals surface area contributed by atoms with Crippen LogP contribution in [0.25, 0.3) is 0 Å². The van der Waals surface area contributed by atoms with Crippen molar-refractivity contribution in [1.29, 1.82) is 0 Å². The zero-order valence-electron chi connectivity index (χ0n) is 20.6. The van der Waals surface area contributed by atoms with Crippen LogP contribution in [0, 0.1) is 5.92 Å². The molecule has 0 aromatic heterocycles. The second kappa shape index (κ2) is 14.0. The number of nitrogen functional groups attached to an aromatic ring is 1. The predicted molar refractivity (Wildman–Crippen MR) is 146 cm³/mol. The monoisotopic (exact) mass is 559 g/mol.